The molecule has 1 saturated carbocycles. The summed E-state index contributed by atoms with van der Waals surface area (Å²) < 4.78 is 0. The third-order valence-corrected chi connectivity index (χ3v) is 5.01. The SMILES string of the molecule is I.O=[N+]([O-])c1ccc(CN=C(NCc2ccccn2)NCC2CCCCC2)cc1. The molecule has 0 spiro atoms. The number of rotatable bonds is 7. The Balaban J connectivity index is 0.00000300. The first-order valence-electron chi connectivity index (χ1n) is 9.86. The fourth-order valence-electron chi connectivity index (χ4n) is 3.38. The molecule has 0 saturated heterocycles. The second-order valence-corrected chi connectivity index (χ2v) is 7.15. The smallest absolute Gasteiger partial charge is 0.269 e. The monoisotopic (exact) mass is 509 g/mol. The summed E-state index contributed by atoms with van der Waals surface area (Å²) in [7, 11) is 0. The number of guanidine groups is 1. The highest BCUT2D eigenvalue weighted by Crippen LogP contribution is 2.22. The van der Waals surface area contributed by atoms with Crippen molar-refractivity contribution in [3.63, 3.8) is 0 Å². The fourth-order valence-corrected chi connectivity index (χ4v) is 3.38. The topological polar surface area (TPSA) is 92.5 Å². The number of nitro benzene ring substituents is 1. The Kier molecular flexibility index (Phi) is 9.82. The number of halogens is 1. The molecule has 1 fully saturated rings. The Morgan fingerprint density at radius 3 is 2.52 bits per heavy atom. The maximum atomic E-state index is 10.8. The highest BCUT2D eigenvalue weighted by molar-refractivity contribution is 14.0. The average Bonchev–Trinajstić information content (AvgIpc) is 2.75. The van der Waals surface area contributed by atoms with Crippen molar-refractivity contribution in [1.82, 2.24) is 15.6 Å². The predicted molar refractivity (Wildman–Crippen MR) is 125 cm³/mol. The first-order chi connectivity index (χ1) is 13.7. The summed E-state index contributed by atoms with van der Waals surface area (Å²) >= 11 is 0. The third-order valence-electron chi connectivity index (χ3n) is 5.01. The molecule has 0 aliphatic heterocycles. The van der Waals surface area contributed by atoms with Gasteiger partial charge in [0.15, 0.2) is 5.96 Å². The summed E-state index contributed by atoms with van der Waals surface area (Å²) in [5.74, 6) is 1.43. The van der Waals surface area contributed by atoms with Crippen LogP contribution < -0.4 is 10.6 Å². The van der Waals surface area contributed by atoms with Gasteiger partial charge in [0.25, 0.3) is 5.69 Å². The van der Waals surface area contributed by atoms with Crippen LogP contribution in [-0.4, -0.2) is 22.4 Å². The van der Waals surface area contributed by atoms with Gasteiger partial charge in [0.05, 0.1) is 23.7 Å². The Morgan fingerprint density at radius 2 is 1.86 bits per heavy atom. The van der Waals surface area contributed by atoms with Gasteiger partial charge < -0.3 is 10.6 Å². The zero-order valence-electron chi connectivity index (χ0n) is 16.4. The molecule has 1 heterocycles. The minimum absolute atomic E-state index is 0. The zero-order chi connectivity index (χ0) is 19.6. The van der Waals surface area contributed by atoms with Gasteiger partial charge in [0, 0.05) is 24.9 Å². The molecule has 29 heavy (non-hydrogen) atoms. The van der Waals surface area contributed by atoms with Crippen LogP contribution in [0, 0.1) is 16.0 Å². The maximum Gasteiger partial charge on any atom is 0.269 e. The number of aliphatic imine (C=N–C) groups is 1. The lowest BCUT2D eigenvalue weighted by Crippen LogP contribution is -2.40. The van der Waals surface area contributed by atoms with Gasteiger partial charge in [-0.25, -0.2) is 4.99 Å². The van der Waals surface area contributed by atoms with E-state index in [1.54, 1.807) is 18.3 Å². The minimum atomic E-state index is -0.390. The van der Waals surface area contributed by atoms with Crippen LogP contribution in [0.3, 0.4) is 0 Å². The lowest BCUT2D eigenvalue weighted by atomic mass is 9.89. The van der Waals surface area contributed by atoms with Crippen molar-refractivity contribution in [3.05, 3.63) is 70.0 Å². The number of nitrogens with one attached hydrogen (secondary N) is 2. The van der Waals surface area contributed by atoms with Gasteiger partial charge >= 0.3 is 0 Å². The van der Waals surface area contributed by atoms with Gasteiger partial charge in [-0.15, -0.1) is 24.0 Å². The van der Waals surface area contributed by atoms with Crippen LogP contribution in [0.15, 0.2) is 53.7 Å². The number of benzene rings is 1. The Labute approximate surface area is 188 Å². The van der Waals surface area contributed by atoms with Gasteiger partial charge in [-0.2, -0.15) is 0 Å². The largest absolute Gasteiger partial charge is 0.356 e. The Hall–Kier alpha value is -2.23. The van der Waals surface area contributed by atoms with E-state index in [2.05, 4.69) is 20.6 Å². The Bertz CT molecular complexity index is 777. The van der Waals surface area contributed by atoms with E-state index in [0.29, 0.717) is 19.0 Å². The van der Waals surface area contributed by atoms with E-state index in [9.17, 15) is 10.1 Å². The van der Waals surface area contributed by atoms with Crippen molar-refractivity contribution < 1.29 is 4.92 Å². The van der Waals surface area contributed by atoms with Gasteiger partial charge in [-0.1, -0.05) is 37.5 Å². The Morgan fingerprint density at radius 1 is 1.10 bits per heavy atom. The van der Waals surface area contributed by atoms with Crippen LogP contribution in [-0.2, 0) is 13.1 Å². The van der Waals surface area contributed by atoms with E-state index in [0.717, 1.165) is 23.8 Å². The summed E-state index contributed by atoms with van der Waals surface area (Å²) in [6, 6.07) is 12.4. The molecular weight excluding hydrogens is 481 g/mol. The molecule has 0 amide bonds. The number of pyridine rings is 1. The van der Waals surface area contributed by atoms with Crippen molar-refractivity contribution in [2.75, 3.05) is 6.54 Å². The van der Waals surface area contributed by atoms with E-state index >= 15 is 0 Å². The summed E-state index contributed by atoms with van der Waals surface area (Å²) in [6.07, 6.45) is 8.27. The molecule has 1 aromatic carbocycles. The van der Waals surface area contributed by atoms with Crippen LogP contribution in [0.1, 0.15) is 43.4 Å². The fraction of sp³-hybridized carbons (Fsp3) is 0.429. The van der Waals surface area contributed by atoms with Gasteiger partial charge in [-0.05, 0) is 36.5 Å². The van der Waals surface area contributed by atoms with E-state index in [4.69, 9.17) is 0 Å². The van der Waals surface area contributed by atoms with Crippen molar-refractivity contribution in [3.8, 4) is 0 Å². The first-order valence-corrected chi connectivity index (χ1v) is 9.86. The average molecular weight is 509 g/mol. The molecule has 3 rings (SSSR count). The second kappa shape index (κ2) is 12.4. The molecule has 156 valence electrons. The number of non-ortho nitro benzene ring substituents is 1. The zero-order valence-corrected chi connectivity index (χ0v) is 18.7. The number of nitro groups is 1. The molecule has 8 heteroatoms. The van der Waals surface area contributed by atoms with E-state index in [-0.39, 0.29) is 29.7 Å². The van der Waals surface area contributed by atoms with Crippen LogP contribution >= 0.6 is 24.0 Å². The summed E-state index contributed by atoms with van der Waals surface area (Å²) in [5, 5.41) is 17.6. The molecular formula is C21H28IN5O2. The summed E-state index contributed by atoms with van der Waals surface area (Å²) in [6.45, 7) is 1.96. The molecule has 2 N–H and O–H groups in total. The van der Waals surface area contributed by atoms with Crippen LogP contribution in [0.5, 0.6) is 0 Å². The quantitative estimate of drug-likeness (QED) is 0.190. The highest BCUT2D eigenvalue weighted by Gasteiger charge is 2.13. The molecule has 0 atom stereocenters. The lowest BCUT2D eigenvalue weighted by molar-refractivity contribution is -0.384. The van der Waals surface area contributed by atoms with Crippen molar-refractivity contribution in [2.24, 2.45) is 10.9 Å². The van der Waals surface area contributed by atoms with Crippen molar-refractivity contribution in [2.45, 2.75) is 45.2 Å². The van der Waals surface area contributed by atoms with E-state index < -0.39 is 4.92 Å². The maximum absolute atomic E-state index is 10.8. The molecule has 0 radical (unpaired) electrons. The second-order valence-electron chi connectivity index (χ2n) is 7.15. The molecule has 7 nitrogen and oxygen atoms in total. The van der Waals surface area contributed by atoms with Gasteiger partial charge in [0.1, 0.15) is 0 Å². The molecule has 0 unspecified atom stereocenters. The first kappa shape index (κ1) is 23.1. The number of hydrogen-bond acceptors (Lipinski definition) is 4. The van der Waals surface area contributed by atoms with Gasteiger partial charge in [-0.3, -0.25) is 15.1 Å². The van der Waals surface area contributed by atoms with E-state index in [1.807, 2.05) is 18.2 Å². The van der Waals surface area contributed by atoms with Crippen LogP contribution in [0.2, 0.25) is 0 Å². The van der Waals surface area contributed by atoms with Crippen LogP contribution in [0.25, 0.3) is 0 Å². The minimum Gasteiger partial charge on any atom is -0.356 e. The molecule has 1 aliphatic rings. The lowest BCUT2D eigenvalue weighted by Gasteiger charge is -2.23. The summed E-state index contributed by atoms with van der Waals surface area (Å²) in [4.78, 5) is 19.4. The van der Waals surface area contributed by atoms with Crippen LogP contribution in [0.4, 0.5) is 5.69 Å². The molecule has 2 aromatic rings. The normalized spacial score (nSPS) is 14.7. The number of nitrogens with zero attached hydrogens (tertiary/aromatic N) is 3. The summed E-state index contributed by atoms with van der Waals surface area (Å²) in [5.41, 5.74) is 1.98. The molecule has 1 aromatic heterocycles. The standard InChI is InChI=1S/C21H27N5O2.HI/c27-26(28)20-11-9-18(10-12-20)15-24-21(23-14-17-6-2-1-3-7-17)25-16-19-8-4-5-13-22-19;/h4-5,8-13,17H,1-3,6-7,14-16H2,(H2,23,24,25);1H. The van der Waals surface area contributed by atoms with Crippen molar-refractivity contribution >= 4 is 35.6 Å². The molecule has 0 bridgehead atoms. The predicted octanol–water partition coefficient (Wildman–Crippen LogP) is 4.42. The number of hydrogen-bond donors (Lipinski definition) is 2. The molecule has 1 aliphatic carbocycles. The number of aromatic nitrogens is 1. The van der Waals surface area contributed by atoms with Crippen molar-refractivity contribution in [1.29, 1.82) is 0 Å². The third kappa shape index (κ3) is 7.96. The van der Waals surface area contributed by atoms with E-state index in [1.165, 1.54) is 44.2 Å². The highest BCUT2D eigenvalue weighted by atomic mass is 127. The van der Waals surface area contributed by atoms with Gasteiger partial charge in [0.2, 0.25) is 0 Å².